The Morgan fingerprint density at radius 1 is 1.12 bits per heavy atom. The maximum Gasteiger partial charge on any atom is 0.228 e. The first-order valence-electron chi connectivity index (χ1n) is 8.18. The van der Waals surface area contributed by atoms with Gasteiger partial charge in [-0.25, -0.2) is 4.98 Å². The molecular weight excluding hydrogens is 304 g/mol. The number of amides is 2. The van der Waals surface area contributed by atoms with Crippen LogP contribution in [0.15, 0.2) is 30.5 Å². The fourth-order valence-corrected chi connectivity index (χ4v) is 2.99. The summed E-state index contributed by atoms with van der Waals surface area (Å²) in [5, 5.41) is 7.57. The van der Waals surface area contributed by atoms with Gasteiger partial charge in [-0.1, -0.05) is 6.07 Å². The smallest absolute Gasteiger partial charge is 0.228 e. The van der Waals surface area contributed by atoms with Crippen LogP contribution < -0.4 is 10.6 Å². The van der Waals surface area contributed by atoms with Gasteiger partial charge in [0.25, 0.3) is 0 Å². The SMILES string of the molecule is CC(=O)Nc1ccc2cnc(NC(=O)C3CCN(C)CC3)cc2c1. The monoisotopic (exact) mass is 326 g/mol. The lowest BCUT2D eigenvalue weighted by atomic mass is 9.96. The van der Waals surface area contributed by atoms with Crippen molar-refractivity contribution in [1.29, 1.82) is 0 Å². The van der Waals surface area contributed by atoms with Gasteiger partial charge in [-0.05, 0) is 56.6 Å². The number of pyridine rings is 1. The third-order valence-electron chi connectivity index (χ3n) is 4.38. The number of piperidine rings is 1. The number of fused-ring (bicyclic) bond motifs is 1. The Balaban J connectivity index is 1.74. The number of hydrogen-bond donors (Lipinski definition) is 2. The second kappa shape index (κ2) is 6.97. The van der Waals surface area contributed by atoms with E-state index in [2.05, 4.69) is 27.6 Å². The Morgan fingerprint density at radius 2 is 1.88 bits per heavy atom. The number of benzene rings is 1. The normalized spacial score (nSPS) is 16.1. The van der Waals surface area contributed by atoms with Crippen LogP contribution in [0.1, 0.15) is 19.8 Å². The number of aromatic nitrogens is 1. The van der Waals surface area contributed by atoms with Gasteiger partial charge < -0.3 is 15.5 Å². The van der Waals surface area contributed by atoms with Crippen molar-refractivity contribution in [3.8, 4) is 0 Å². The van der Waals surface area contributed by atoms with Crippen LogP contribution >= 0.6 is 0 Å². The van der Waals surface area contributed by atoms with Gasteiger partial charge in [0, 0.05) is 30.1 Å². The fraction of sp³-hybridized carbons (Fsp3) is 0.389. The molecule has 1 aromatic heterocycles. The summed E-state index contributed by atoms with van der Waals surface area (Å²) >= 11 is 0. The van der Waals surface area contributed by atoms with Crippen molar-refractivity contribution in [2.75, 3.05) is 30.8 Å². The van der Waals surface area contributed by atoms with E-state index in [1.54, 1.807) is 6.20 Å². The lowest BCUT2D eigenvalue weighted by molar-refractivity contribution is -0.121. The Morgan fingerprint density at radius 3 is 2.58 bits per heavy atom. The van der Waals surface area contributed by atoms with Crippen molar-refractivity contribution >= 4 is 34.1 Å². The van der Waals surface area contributed by atoms with E-state index in [-0.39, 0.29) is 17.7 Å². The summed E-state index contributed by atoms with van der Waals surface area (Å²) in [5.41, 5.74) is 0.730. The molecule has 1 saturated heterocycles. The summed E-state index contributed by atoms with van der Waals surface area (Å²) in [6.45, 7) is 3.37. The average molecular weight is 326 g/mol. The van der Waals surface area contributed by atoms with E-state index < -0.39 is 0 Å². The summed E-state index contributed by atoms with van der Waals surface area (Å²) < 4.78 is 0. The number of carbonyl (C=O) groups excluding carboxylic acids is 2. The van der Waals surface area contributed by atoms with Crippen molar-refractivity contribution in [2.24, 2.45) is 5.92 Å². The van der Waals surface area contributed by atoms with Gasteiger partial charge in [0.2, 0.25) is 11.8 Å². The zero-order chi connectivity index (χ0) is 17.1. The highest BCUT2D eigenvalue weighted by Gasteiger charge is 2.23. The predicted molar refractivity (Wildman–Crippen MR) is 94.9 cm³/mol. The molecule has 2 heterocycles. The molecule has 0 atom stereocenters. The maximum atomic E-state index is 12.4. The highest BCUT2D eigenvalue weighted by molar-refractivity contribution is 5.96. The van der Waals surface area contributed by atoms with Crippen LogP contribution in [-0.2, 0) is 9.59 Å². The molecule has 1 aromatic carbocycles. The van der Waals surface area contributed by atoms with Crippen molar-refractivity contribution in [1.82, 2.24) is 9.88 Å². The van der Waals surface area contributed by atoms with Gasteiger partial charge in [0.1, 0.15) is 5.82 Å². The second-order valence-corrected chi connectivity index (χ2v) is 6.38. The summed E-state index contributed by atoms with van der Waals surface area (Å²) in [4.78, 5) is 30.1. The first-order chi connectivity index (χ1) is 11.5. The maximum absolute atomic E-state index is 12.4. The molecule has 2 N–H and O–H groups in total. The Kier molecular flexibility index (Phi) is 4.76. The van der Waals surface area contributed by atoms with Gasteiger partial charge in [-0.2, -0.15) is 0 Å². The average Bonchev–Trinajstić information content (AvgIpc) is 2.54. The molecule has 2 amide bonds. The van der Waals surface area contributed by atoms with Crippen LogP contribution in [0.4, 0.5) is 11.5 Å². The van der Waals surface area contributed by atoms with Crippen molar-refractivity contribution < 1.29 is 9.59 Å². The lowest BCUT2D eigenvalue weighted by Gasteiger charge is -2.27. The van der Waals surface area contributed by atoms with Crippen LogP contribution in [0.3, 0.4) is 0 Å². The van der Waals surface area contributed by atoms with E-state index in [9.17, 15) is 9.59 Å². The van der Waals surface area contributed by atoms with Gasteiger partial charge in [0.05, 0.1) is 0 Å². The standard InChI is InChI=1S/C18H22N4O2/c1-12(23)20-16-4-3-14-11-19-17(10-15(14)9-16)21-18(24)13-5-7-22(2)8-6-13/h3-4,9-11,13H,5-8H2,1-2H3,(H,20,23)(H,19,21,24). The summed E-state index contributed by atoms with van der Waals surface area (Å²) in [7, 11) is 2.08. The minimum Gasteiger partial charge on any atom is -0.326 e. The van der Waals surface area contributed by atoms with Gasteiger partial charge in [-0.15, -0.1) is 0 Å². The molecule has 1 aliphatic heterocycles. The van der Waals surface area contributed by atoms with Gasteiger partial charge in [-0.3, -0.25) is 9.59 Å². The van der Waals surface area contributed by atoms with E-state index in [1.807, 2.05) is 24.3 Å². The molecule has 0 unspecified atom stereocenters. The molecule has 6 nitrogen and oxygen atoms in total. The molecule has 3 rings (SSSR count). The lowest BCUT2D eigenvalue weighted by Crippen LogP contribution is -2.36. The number of likely N-dealkylation sites (tertiary alicyclic amines) is 1. The number of carbonyl (C=O) groups is 2. The third kappa shape index (κ3) is 3.89. The van der Waals surface area contributed by atoms with E-state index in [4.69, 9.17) is 0 Å². The van der Waals surface area contributed by atoms with E-state index >= 15 is 0 Å². The number of hydrogen-bond acceptors (Lipinski definition) is 4. The molecule has 0 bridgehead atoms. The Bertz CT molecular complexity index is 767. The van der Waals surface area contributed by atoms with Crippen LogP contribution in [0.25, 0.3) is 10.8 Å². The summed E-state index contributed by atoms with van der Waals surface area (Å²) in [6.07, 6.45) is 3.49. The third-order valence-corrected chi connectivity index (χ3v) is 4.38. The highest BCUT2D eigenvalue weighted by atomic mass is 16.2. The topological polar surface area (TPSA) is 74.3 Å². The van der Waals surface area contributed by atoms with Crippen LogP contribution in [0, 0.1) is 5.92 Å². The number of anilines is 2. The fourth-order valence-electron chi connectivity index (χ4n) is 2.99. The van der Waals surface area contributed by atoms with Crippen LogP contribution in [0.5, 0.6) is 0 Å². The quantitative estimate of drug-likeness (QED) is 0.909. The molecule has 1 fully saturated rings. The zero-order valence-corrected chi connectivity index (χ0v) is 14.0. The molecule has 0 aliphatic carbocycles. The Hall–Kier alpha value is -2.47. The molecule has 1 aliphatic rings. The minimum atomic E-state index is -0.112. The molecule has 0 radical (unpaired) electrons. The molecular formula is C18H22N4O2. The van der Waals surface area contributed by atoms with Gasteiger partial charge in [0.15, 0.2) is 0 Å². The van der Waals surface area contributed by atoms with Crippen molar-refractivity contribution in [3.63, 3.8) is 0 Å². The molecule has 2 aromatic rings. The van der Waals surface area contributed by atoms with E-state index in [1.165, 1.54) is 6.92 Å². The number of nitrogens with one attached hydrogen (secondary N) is 2. The number of rotatable bonds is 3. The molecule has 24 heavy (non-hydrogen) atoms. The summed E-state index contributed by atoms with van der Waals surface area (Å²) in [5.74, 6) is 0.517. The minimum absolute atomic E-state index is 0.0352. The molecule has 0 saturated carbocycles. The van der Waals surface area contributed by atoms with Crippen LogP contribution in [-0.4, -0.2) is 41.8 Å². The summed E-state index contributed by atoms with van der Waals surface area (Å²) in [6, 6.07) is 7.45. The highest BCUT2D eigenvalue weighted by Crippen LogP contribution is 2.22. The second-order valence-electron chi connectivity index (χ2n) is 6.38. The molecule has 6 heteroatoms. The zero-order valence-electron chi connectivity index (χ0n) is 14.0. The molecule has 0 spiro atoms. The predicted octanol–water partition coefficient (Wildman–Crippen LogP) is 2.47. The largest absolute Gasteiger partial charge is 0.326 e. The molecule has 126 valence electrons. The van der Waals surface area contributed by atoms with E-state index in [0.717, 1.165) is 42.4 Å². The van der Waals surface area contributed by atoms with Crippen LogP contribution in [0.2, 0.25) is 0 Å². The first kappa shape index (κ1) is 16.4. The first-order valence-corrected chi connectivity index (χ1v) is 8.18. The van der Waals surface area contributed by atoms with Crippen molar-refractivity contribution in [3.05, 3.63) is 30.5 Å². The van der Waals surface area contributed by atoms with Crippen molar-refractivity contribution in [2.45, 2.75) is 19.8 Å². The Labute approximate surface area is 141 Å². The van der Waals surface area contributed by atoms with Gasteiger partial charge >= 0.3 is 0 Å². The van der Waals surface area contributed by atoms with E-state index in [0.29, 0.717) is 5.82 Å². The number of nitrogens with zero attached hydrogens (tertiary/aromatic N) is 2.